The highest BCUT2D eigenvalue weighted by atomic mass is 16.6. The SMILES string of the molecule is C=C(C)[C@@H]1CC[C@]2(COC(=O)[C@@]34CC[C@@](C)(C(=O)O3)C4(C)C)CC[C@]3(C)[C@H](CC[C@@H]4[C@@]5(C)CC[C@H](OC(=O)[C@@]67CC[C@@](C)(C(=O)O6)C7(C)C)C(C)(C)[C@@H]5CC[C@]43C)[C@@H]12. The highest BCUT2D eigenvalue weighted by Gasteiger charge is 2.79. The van der Waals surface area contributed by atoms with Gasteiger partial charge in [-0.1, -0.05) is 74.5 Å². The van der Waals surface area contributed by atoms with Crippen molar-refractivity contribution in [2.24, 2.45) is 78.3 Å². The third-order valence-electron chi connectivity index (χ3n) is 22.7. The fraction of sp³-hybridized carbons (Fsp3) is 0.880. The lowest BCUT2D eigenvalue weighted by atomic mass is 9.32. The molecule has 9 aliphatic rings. The van der Waals surface area contributed by atoms with Crippen LogP contribution in [0.1, 0.15) is 173 Å². The lowest BCUT2D eigenvalue weighted by molar-refractivity contribution is -0.255. The number of hydrogen-bond acceptors (Lipinski definition) is 8. The summed E-state index contributed by atoms with van der Waals surface area (Å²) in [6.45, 7) is 31.7. The molecule has 0 unspecified atom stereocenters. The Kier molecular flexibility index (Phi) is 8.30. The van der Waals surface area contributed by atoms with Crippen molar-refractivity contribution in [3.63, 3.8) is 0 Å². The molecule has 0 radical (unpaired) electrons. The van der Waals surface area contributed by atoms with E-state index in [9.17, 15) is 19.2 Å². The summed E-state index contributed by atoms with van der Waals surface area (Å²) in [5.41, 5.74) is -3.71. The molecule has 2 saturated heterocycles. The Balaban J connectivity index is 0.958. The first kappa shape index (κ1) is 41.0. The predicted octanol–water partition coefficient (Wildman–Crippen LogP) is 10.3. The van der Waals surface area contributed by atoms with Crippen LogP contribution >= 0.6 is 0 Å². The first-order chi connectivity index (χ1) is 26.7. The van der Waals surface area contributed by atoms with Gasteiger partial charge in [0.2, 0.25) is 11.2 Å². The molecule has 8 heteroatoms. The summed E-state index contributed by atoms with van der Waals surface area (Å²) in [5, 5.41) is 0. The summed E-state index contributed by atoms with van der Waals surface area (Å²) in [6.07, 6.45) is 12.8. The van der Waals surface area contributed by atoms with Crippen LogP contribution in [0.2, 0.25) is 0 Å². The van der Waals surface area contributed by atoms with Crippen LogP contribution in [0.5, 0.6) is 0 Å². The average molecular weight is 803 g/mol. The van der Waals surface area contributed by atoms with Crippen molar-refractivity contribution < 1.29 is 38.1 Å². The van der Waals surface area contributed by atoms with E-state index in [0.29, 0.717) is 61.9 Å². The molecule has 0 N–H and O–H groups in total. The Morgan fingerprint density at radius 3 is 1.76 bits per heavy atom. The summed E-state index contributed by atoms with van der Waals surface area (Å²) in [4.78, 5) is 54.7. The third kappa shape index (κ3) is 4.36. The van der Waals surface area contributed by atoms with E-state index in [1.165, 1.54) is 12.0 Å². The molecular formula is C50H74O8. The predicted molar refractivity (Wildman–Crippen MR) is 220 cm³/mol. The van der Waals surface area contributed by atoms with Gasteiger partial charge in [0, 0.05) is 21.7 Å². The van der Waals surface area contributed by atoms with Crippen LogP contribution in [0.25, 0.3) is 0 Å². The normalized spacial score (nSPS) is 52.4. The maximum atomic E-state index is 14.3. The molecular weight excluding hydrogens is 729 g/mol. The Morgan fingerprint density at radius 1 is 0.638 bits per heavy atom. The van der Waals surface area contributed by atoms with Gasteiger partial charge in [-0.05, 0) is 156 Å². The topological polar surface area (TPSA) is 105 Å². The molecule has 2 heterocycles. The van der Waals surface area contributed by atoms with Crippen LogP contribution in [0, 0.1) is 78.3 Å². The van der Waals surface area contributed by atoms with E-state index < -0.39 is 32.9 Å². The highest BCUT2D eigenvalue weighted by molar-refractivity contribution is 5.94. The van der Waals surface area contributed by atoms with Gasteiger partial charge < -0.3 is 18.9 Å². The Labute approximate surface area is 348 Å². The first-order valence-corrected chi connectivity index (χ1v) is 23.2. The van der Waals surface area contributed by atoms with Gasteiger partial charge in [0.15, 0.2) is 0 Å². The minimum atomic E-state index is -1.21. The quantitative estimate of drug-likeness (QED) is 0.149. The number of ether oxygens (including phenoxy) is 4. The van der Waals surface area contributed by atoms with Crippen molar-refractivity contribution in [3.8, 4) is 0 Å². The molecule has 14 atom stereocenters. The number of fused-ring (bicyclic) bond motifs is 11. The lowest BCUT2D eigenvalue weighted by Gasteiger charge is -2.73. The second-order valence-corrected chi connectivity index (χ2v) is 24.7. The molecule has 0 amide bonds. The van der Waals surface area contributed by atoms with Crippen molar-refractivity contribution in [1.82, 2.24) is 0 Å². The average Bonchev–Trinajstić information content (AvgIpc) is 3.78. The molecule has 7 aliphatic carbocycles. The number of allylic oxidation sites excluding steroid dienone is 1. The Morgan fingerprint density at radius 2 is 1.22 bits per heavy atom. The standard InChI is InChI=1S/C50H74O8/c1-29(2)30-16-21-48(28-55-38(53)49-26-23-46(12,36(51)57-49)41(49,5)6)25-22-44(10)31(35(30)48)14-15-33-43(9)19-18-34(40(3,4)32(43)17-20-45(33,44)11)56-39(54)50-27-24-47(13,37(52)58-50)42(50,7)8/h30-35H,1,14-28H2,2-13H3/t30-,31+,32-,33+,34-,35+,43-,44+,45+,46-,47-,48+,49+,50+/m0/s1. The van der Waals surface area contributed by atoms with E-state index in [1.54, 1.807) is 0 Å². The molecule has 0 spiro atoms. The number of carbonyl (C=O) groups excluding carboxylic acids is 4. The minimum absolute atomic E-state index is 0.102. The zero-order valence-corrected chi connectivity index (χ0v) is 38.0. The molecule has 322 valence electrons. The van der Waals surface area contributed by atoms with Crippen LogP contribution in [0.3, 0.4) is 0 Å². The molecule has 8 nitrogen and oxygen atoms in total. The van der Waals surface area contributed by atoms with Gasteiger partial charge in [0.1, 0.15) is 6.10 Å². The zero-order chi connectivity index (χ0) is 42.3. The smallest absolute Gasteiger partial charge is 0.351 e. The molecule has 58 heavy (non-hydrogen) atoms. The fourth-order valence-corrected chi connectivity index (χ4v) is 17.7. The molecule has 2 aliphatic heterocycles. The molecule has 0 aromatic heterocycles. The van der Waals surface area contributed by atoms with E-state index in [4.69, 9.17) is 18.9 Å². The van der Waals surface area contributed by atoms with E-state index >= 15 is 0 Å². The van der Waals surface area contributed by atoms with Crippen molar-refractivity contribution in [3.05, 3.63) is 12.2 Å². The zero-order valence-electron chi connectivity index (χ0n) is 38.0. The summed E-state index contributed by atoms with van der Waals surface area (Å²) in [5.74, 6) is 1.03. The van der Waals surface area contributed by atoms with Crippen LogP contribution in [-0.4, -0.2) is 47.8 Å². The maximum Gasteiger partial charge on any atom is 0.351 e. The van der Waals surface area contributed by atoms with Gasteiger partial charge in [-0.25, -0.2) is 9.59 Å². The third-order valence-corrected chi connectivity index (χ3v) is 22.7. The molecule has 9 fully saturated rings. The van der Waals surface area contributed by atoms with Crippen molar-refractivity contribution in [1.29, 1.82) is 0 Å². The number of hydrogen-bond donors (Lipinski definition) is 0. The number of rotatable bonds is 6. The minimum Gasteiger partial charge on any atom is -0.462 e. The fourth-order valence-electron chi connectivity index (χ4n) is 17.7. The molecule has 7 saturated carbocycles. The van der Waals surface area contributed by atoms with Gasteiger partial charge in [-0.2, -0.15) is 0 Å². The van der Waals surface area contributed by atoms with Crippen molar-refractivity contribution >= 4 is 23.9 Å². The molecule has 4 bridgehead atoms. The van der Waals surface area contributed by atoms with Crippen LogP contribution in [0.15, 0.2) is 12.2 Å². The Hall–Kier alpha value is -2.38. The van der Waals surface area contributed by atoms with E-state index in [1.807, 2.05) is 41.5 Å². The van der Waals surface area contributed by atoms with E-state index in [-0.39, 0.29) is 57.1 Å². The molecule has 0 aromatic carbocycles. The second-order valence-electron chi connectivity index (χ2n) is 24.7. The van der Waals surface area contributed by atoms with Gasteiger partial charge >= 0.3 is 23.9 Å². The summed E-state index contributed by atoms with van der Waals surface area (Å²) in [7, 11) is 0. The van der Waals surface area contributed by atoms with Crippen LogP contribution in [-0.2, 0) is 38.1 Å². The number of esters is 4. The van der Waals surface area contributed by atoms with Gasteiger partial charge in [-0.3, -0.25) is 9.59 Å². The Bertz CT molecular complexity index is 1880. The number of carbonyl (C=O) groups is 4. The van der Waals surface area contributed by atoms with Crippen molar-refractivity contribution in [2.75, 3.05) is 6.61 Å². The van der Waals surface area contributed by atoms with E-state index in [2.05, 4.69) is 48.1 Å². The summed E-state index contributed by atoms with van der Waals surface area (Å²) >= 11 is 0. The van der Waals surface area contributed by atoms with Gasteiger partial charge in [-0.15, -0.1) is 0 Å². The molecule has 0 aromatic rings. The van der Waals surface area contributed by atoms with Crippen molar-refractivity contribution in [2.45, 2.75) is 190 Å². The maximum absolute atomic E-state index is 14.3. The second kappa shape index (κ2) is 11.7. The first-order valence-electron chi connectivity index (χ1n) is 23.2. The van der Waals surface area contributed by atoms with Gasteiger partial charge in [0.05, 0.1) is 17.4 Å². The highest BCUT2D eigenvalue weighted by Crippen LogP contribution is 2.78. The van der Waals surface area contributed by atoms with Crippen LogP contribution < -0.4 is 0 Å². The summed E-state index contributed by atoms with van der Waals surface area (Å²) in [6, 6.07) is 0. The lowest BCUT2D eigenvalue weighted by Crippen LogP contribution is -2.67. The monoisotopic (exact) mass is 803 g/mol. The van der Waals surface area contributed by atoms with Gasteiger partial charge in [0.25, 0.3) is 0 Å². The van der Waals surface area contributed by atoms with E-state index in [0.717, 1.165) is 57.8 Å². The van der Waals surface area contributed by atoms with Crippen LogP contribution in [0.4, 0.5) is 0 Å². The molecule has 9 rings (SSSR count). The summed E-state index contributed by atoms with van der Waals surface area (Å²) < 4.78 is 25.1. The largest absolute Gasteiger partial charge is 0.462 e.